The molecule has 0 aliphatic rings. The molecule has 0 spiro atoms. The molecule has 12 nitrogen and oxygen atoms in total. The normalized spacial score (nSPS) is 12.0. The predicted octanol–water partition coefficient (Wildman–Crippen LogP) is -1.59. The molecule has 0 heterocycles. The Labute approximate surface area is 122 Å². The Balaban J connectivity index is 0. The summed E-state index contributed by atoms with van der Waals surface area (Å²) in [4.78, 5) is 0. The Morgan fingerprint density at radius 3 is 1.19 bits per heavy atom. The summed E-state index contributed by atoms with van der Waals surface area (Å²) in [6.45, 7) is 3.81. The summed E-state index contributed by atoms with van der Waals surface area (Å²) in [5.74, 6) is -0.216. The molecule has 0 aliphatic carbocycles. The Bertz CT molecular complexity index is 486. The van der Waals surface area contributed by atoms with Crippen molar-refractivity contribution in [2.45, 2.75) is 26.7 Å². The fourth-order valence-corrected chi connectivity index (χ4v) is 0.901. The lowest BCUT2D eigenvalue weighted by atomic mass is 10.1. The fraction of sp³-hybridized carbons (Fsp3) is 0.500. The Morgan fingerprint density at radius 1 is 0.810 bits per heavy atom. The van der Waals surface area contributed by atoms with Crippen molar-refractivity contribution in [2.75, 3.05) is 0 Å². The first-order valence-corrected chi connectivity index (χ1v) is 6.92. The molecule has 21 heavy (non-hydrogen) atoms. The molecular weight excluding hydrogens is 304 g/mol. The first-order valence-electron chi connectivity index (χ1n) is 5.52. The van der Waals surface area contributed by atoms with Crippen molar-refractivity contribution < 1.29 is 17.5 Å². The van der Waals surface area contributed by atoms with E-state index in [4.69, 9.17) is 40.5 Å². The molecule has 0 saturated heterocycles. The van der Waals surface area contributed by atoms with Gasteiger partial charge in [-0.3, -0.25) is 9.11 Å². The van der Waals surface area contributed by atoms with Gasteiger partial charge in [0.2, 0.25) is 11.9 Å². The third-order valence-electron chi connectivity index (χ3n) is 1.58. The van der Waals surface area contributed by atoms with Crippen LogP contribution < -0.4 is 22.9 Å². The van der Waals surface area contributed by atoms with Crippen LogP contribution in [0.25, 0.3) is 0 Å². The Morgan fingerprint density at radius 2 is 1.05 bits per heavy atom. The Kier molecular flexibility index (Phi) is 10.6. The lowest BCUT2D eigenvalue weighted by Crippen LogP contribution is -2.23. The molecule has 0 aliphatic heterocycles. The average molecular weight is 324 g/mol. The highest BCUT2D eigenvalue weighted by atomic mass is 32.3. The van der Waals surface area contributed by atoms with Crippen molar-refractivity contribution in [3.63, 3.8) is 0 Å². The van der Waals surface area contributed by atoms with E-state index in [9.17, 15) is 0 Å². The largest absolute Gasteiger partial charge is 0.394 e. The molecule has 0 saturated carbocycles. The molecule has 0 bridgehead atoms. The monoisotopic (exact) mass is 324 g/mol. The number of nitrogens with zero attached hydrogens (tertiary/aromatic N) is 4. The van der Waals surface area contributed by atoms with Crippen molar-refractivity contribution in [3.05, 3.63) is 0 Å². The van der Waals surface area contributed by atoms with Crippen LogP contribution in [0.2, 0.25) is 0 Å². The molecule has 0 amide bonds. The van der Waals surface area contributed by atoms with E-state index in [1.165, 1.54) is 0 Å². The zero-order valence-electron chi connectivity index (χ0n) is 11.6. The summed E-state index contributed by atoms with van der Waals surface area (Å²) in [7, 11) is -4.67. The molecule has 0 aromatic heterocycles. The van der Waals surface area contributed by atoms with Crippen LogP contribution in [0.15, 0.2) is 20.4 Å². The molecule has 10 N–H and O–H groups in total. The molecule has 0 aromatic rings. The summed E-state index contributed by atoms with van der Waals surface area (Å²) < 4.78 is 31.6. The maximum atomic E-state index is 8.74. The van der Waals surface area contributed by atoms with E-state index in [1.54, 1.807) is 0 Å². The quantitative estimate of drug-likeness (QED) is 0.149. The third kappa shape index (κ3) is 17.8. The zero-order chi connectivity index (χ0) is 17.1. The maximum absolute atomic E-state index is 8.74. The van der Waals surface area contributed by atoms with E-state index in [0.717, 1.165) is 0 Å². The average Bonchev–Trinajstić information content (AvgIpc) is 2.30. The van der Waals surface area contributed by atoms with Gasteiger partial charge in [0.25, 0.3) is 0 Å². The minimum absolute atomic E-state index is 0.108. The lowest BCUT2D eigenvalue weighted by molar-refractivity contribution is 0.381. The lowest BCUT2D eigenvalue weighted by Gasteiger charge is -2.01. The highest BCUT2D eigenvalue weighted by molar-refractivity contribution is 7.79. The van der Waals surface area contributed by atoms with Crippen LogP contribution in [-0.4, -0.2) is 40.9 Å². The van der Waals surface area contributed by atoms with Crippen molar-refractivity contribution in [2.24, 2.45) is 43.3 Å². The second-order valence-electron chi connectivity index (χ2n) is 3.30. The summed E-state index contributed by atoms with van der Waals surface area (Å²) in [6, 6.07) is 0. The molecule has 0 aromatic carbocycles. The van der Waals surface area contributed by atoms with Crippen LogP contribution in [0.4, 0.5) is 0 Å². The minimum atomic E-state index is -4.67. The van der Waals surface area contributed by atoms with Crippen LogP contribution in [-0.2, 0) is 10.4 Å². The second-order valence-corrected chi connectivity index (χ2v) is 4.19. The SMILES string of the molecule is CCC(=N\N=C(N)N)/C(CC)=N/N=C(N)N.O=S(=O)(O)O. The first kappa shape index (κ1) is 21.1. The van der Waals surface area contributed by atoms with Gasteiger partial charge in [-0.25, -0.2) is 0 Å². The summed E-state index contributed by atoms with van der Waals surface area (Å²) in [5, 5.41) is 14.8. The first-order chi connectivity index (χ1) is 9.51. The number of guanidine groups is 2. The Hall–Kier alpha value is -2.25. The van der Waals surface area contributed by atoms with Crippen molar-refractivity contribution in [1.82, 2.24) is 0 Å². The van der Waals surface area contributed by atoms with Crippen LogP contribution in [0.5, 0.6) is 0 Å². The highest BCUT2D eigenvalue weighted by Gasteiger charge is 2.05. The van der Waals surface area contributed by atoms with E-state index in [1.807, 2.05) is 13.8 Å². The second kappa shape index (κ2) is 10.5. The zero-order valence-corrected chi connectivity index (χ0v) is 12.4. The van der Waals surface area contributed by atoms with Gasteiger partial charge in [-0.05, 0) is 12.8 Å². The summed E-state index contributed by atoms with van der Waals surface area (Å²) in [5.41, 5.74) is 22.0. The topological polar surface area (TPSA) is 228 Å². The van der Waals surface area contributed by atoms with Gasteiger partial charge in [-0.1, -0.05) is 13.8 Å². The fourth-order valence-electron chi connectivity index (χ4n) is 0.901. The predicted molar refractivity (Wildman–Crippen MR) is 81.2 cm³/mol. The minimum Gasteiger partial charge on any atom is -0.369 e. The van der Waals surface area contributed by atoms with E-state index in [0.29, 0.717) is 24.3 Å². The third-order valence-corrected chi connectivity index (χ3v) is 1.58. The van der Waals surface area contributed by atoms with Gasteiger partial charge in [0.1, 0.15) is 0 Å². The van der Waals surface area contributed by atoms with Gasteiger partial charge in [-0.2, -0.15) is 18.6 Å². The maximum Gasteiger partial charge on any atom is 0.394 e. The molecule has 122 valence electrons. The highest BCUT2D eigenvalue weighted by Crippen LogP contribution is 1.97. The molecular formula is C8H20N8O4S. The van der Waals surface area contributed by atoms with Crippen LogP contribution in [0.3, 0.4) is 0 Å². The molecule has 0 fully saturated rings. The summed E-state index contributed by atoms with van der Waals surface area (Å²) >= 11 is 0. The number of hydrogen-bond donors (Lipinski definition) is 6. The van der Waals surface area contributed by atoms with Gasteiger partial charge < -0.3 is 22.9 Å². The molecule has 0 atom stereocenters. The summed E-state index contributed by atoms with van der Waals surface area (Å²) in [6.07, 6.45) is 1.26. The molecule has 0 unspecified atom stereocenters. The van der Waals surface area contributed by atoms with Crippen molar-refractivity contribution >= 4 is 33.7 Å². The van der Waals surface area contributed by atoms with Crippen molar-refractivity contribution in [1.29, 1.82) is 0 Å². The molecule has 13 heteroatoms. The van der Waals surface area contributed by atoms with E-state index < -0.39 is 10.4 Å². The smallest absolute Gasteiger partial charge is 0.369 e. The van der Waals surface area contributed by atoms with Crippen LogP contribution in [0, 0.1) is 0 Å². The number of hydrogen-bond acceptors (Lipinski definition) is 6. The van der Waals surface area contributed by atoms with Gasteiger partial charge in [0, 0.05) is 0 Å². The standard InChI is InChI=1S/C8H18N8.H2O4S/c1-3-5(13-15-7(9)10)6(4-2)14-16-8(11)12;1-5(2,3)4/h3-4H2,1-2H3,(H4,9,10,15)(H4,11,12,16);(H2,1,2,3,4)/b13-5+,14-6+;. The van der Waals surface area contributed by atoms with E-state index >= 15 is 0 Å². The van der Waals surface area contributed by atoms with Gasteiger partial charge in [0.15, 0.2) is 0 Å². The van der Waals surface area contributed by atoms with Crippen molar-refractivity contribution in [3.8, 4) is 0 Å². The number of rotatable bonds is 5. The van der Waals surface area contributed by atoms with E-state index in [2.05, 4.69) is 20.4 Å². The molecule has 0 radical (unpaired) electrons. The van der Waals surface area contributed by atoms with E-state index in [-0.39, 0.29) is 11.9 Å². The van der Waals surface area contributed by atoms with Crippen LogP contribution >= 0.6 is 0 Å². The van der Waals surface area contributed by atoms with Crippen LogP contribution in [0.1, 0.15) is 26.7 Å². The number of nitrogens with two attached hydrogens (primary N) is 4. The van der Waals surface area contributed by atoms with Gasteiger partial charge in [-0.15, -0.1) is 10.2 Å². The molecule has 0 rings (SSSR count). The van der Waals surface area contributed by atoms with Gasteiger partial charge in [0.05, 0.1) is 11.4 Å². The van der Waals surface area contributed by atoms with Gasteiger partial charge >= 0.3 is 10.4 Å².